The largest absolute Gasteiger partial charge is 0.480 e. The Morgan fingerprint density at radius 1 is 1.09 bits per heavy atom. The first-order valence-electron chi connectivity index (χ1n) is 11.0. The molecule has 2 aromatic carbocycles. The topological polar surface area (TPSA) is 105 Å². The van der Waals surface area contributed by atoms with E-state index in [1.807, 2.05) is 42.7 Å². The van der Waals surface area contributed by atoms with Crippen LogP contribution in [-0.2, 0) is 14.3 Å². The molecule has 0 aromatic heterocycles. The van der Waals surface area contributed by atoms with E-state index in [2.05, 4.69) is 22.8 Å². The van der Waals surface area contributed by atoms with Gasteiger partial charge in [-0.2, -0.15) is 11.8 Å². The molecular weight excluding hydrogens is 440 g/mol. The van der Waals surface area contributed by atoms with Crippen LogP contribution in [0.3, 0.4) is 0 Å². The zero-order valence-corrected chi connectivity index (χ0v) is 19.9. The number of hydrogen-bond donors (Lipinski definition) is 3. The number of carboxylic acids is 1. The van der Waals surface area contributed by atoms with Crippen LogP contribution in [0, 0.1) is 0 Å². The Labute approximate surface area is 198 Å². The summed E-state index contributed by atoms with van der Waals surface area (Å²) in [7, 11) is 0. The van der Waals surface area contributed by atoms with Gasteiger partial charge in [-0.3, -0.25) is 4.79 Å². The van der Waals surface area contributed by atoms with Gasteiger partial charge in [0.25, 0.3) is 0 Å². The van der Waals surface area contributed by atoms with E-state index in [0.29, 0.717) is 12.2 Å². The van der Waals surface area contributed by atoms with E-state index in [1.54, 1.807) is 13.8 Å². The highest BCUT2D eigenvalue weighted by Gasteiger charge is 2.37. The fourth-order valence-electron chi connectivity index (χ4n) is 3.98. The van der Waals surface area contributed by atoms with Crippen molar-refractivity contribution in [3.63, 3.8) is 0 Å². The summed E-state index contributed by atoms with van der Waals surface area (Å²) in [5.74, 6) is -1.14. The summed E-state index contributed by atoms with van der Waals surface area (Å²) in [6.45, 7) is 3.45. The smallest absolute Gasteiger partial charge is 0.408 e. The van der Waals surface area contributed by atoms with Gasteiger partial charge in [-0.1, -0.05) is 55.5 Å². The Kier molecular flexibility index (Phi) is 8.02. The summed E-state index contributed by atoms with van der Waals surface area (Å²) in [5.41, 5.74) is 3.16. The van der Waals surface area contributed by atoms with Gasteiger partial charge in [0.1, 0.15) is 18.2 Å². The first kappa shape index (κ1) is 24.6. The number of aliphatic carboxylic acids is 1. The van der Waals surface area contributed by atoms with Crippen molar-refractivity contribution in [2.24, 2.45) is 0 Å². The van der Waals surface area contributed by atoms with Crippen LogP contribution >= 0.6 is 11.8 Å². The van der Waals surface area contributed by atoms with E-state index in [1.165, 1.54) is 11.8 Å². The fourth-order valence-corrected chi connectivity index (χ4v) is 4.45. The predicted molar refractivity (Wildman–Crippen MR) is 129 cm³/mol. The molecular formula is C25H30N2O5S. The number of amides is 2. The van der Waals surface area contributed by atoms with Crippen molar-refractivity contribution < 1.29 is 24.2 Å². The zero-order valence-electron chi connectivity index (χ0n) is 19.1. The van der Waals surface area contributed by atoms with Gasteiger partial charge in [-0.05, 0) is 54.0 Å². The van der Waals surface area contributed by atoms with Gasteiger partial charge in [0, 0.05) is 5.92 Å². The molecule has 2 aromatic rings. The van der Waals surface area contributed by atoms with E-state index < -0.39 is 29.6 Å². The number of thioether (sulfide) groups is 1. The third-order valence-corrected chi connectivity index (χ3v) is 6.79. The van der Waals surface area contributed by atoms with Crippen molar-refractivity contribution in [3.8, 4) is 11.1 Å². The molecule has 1 aliphatic carbocycles. The number of rotatable bonds is 10. The molecule has 0 heterocycles. The van der Waals surface area contributed by atoms with Crippen molar-refractivity contribution in [1.29, 1.82) is 0 Å². The second-order valence-electron chi connectivity index (χ2n) is 8.28. The number of ether oxygens (including phenoxy) is 1. The van der Waals surface area contributed by atoms with Crippen LogP contribution in [0.1, 0.15) is 43.7 Å². The second kappa shape index (κ2) is 10.7. The first-order valence-corrected chi connectivity index (χ1v) is 12.4. The van der Waals surface area contributed by atoms with Crippen LogP contribution in [0.4, 0.5) is 4.79 Å². The molecule has 3 rings (SSSR count). The number of nitrogens with one attached hydrogen (secondary N) is 2. The molecule has 0 aliphatic heterocycles. The van der Waals surface area contributed by atoms with Gasteiger partial charge in [0.2, 0.25) is 5.91 Å². The summed E-state index contributed by atoms with van der Waals surface area (Å²) in [4.78, 5) is 37.0. The quantitative estimate of drug-likeness (QED) is 0.485. The molecule has 0 fully saturated rings. The van der Waals surface area contributed by atoms with Crippen LogP contribution in [0.15, 0.2) is 48.5 Å². The lowest BCUT2D eigenvalue weighted by atomic mass is 9.97. The minimum absolute atomic E-state index is 0.0900. The fraction of sp³-hybridized carbons (Fsp3) is 0.400. The molecule has 8 heteroatoms. The van der Waals surface area contributed by atoms with Gasteiger partial charge in [-0.25, -0.2) is 9.59 Å². The molecule has 0 bridgehead atoms. The SMILES string of the molecule is CCC(C)(NC(=O)OCC1c2ccccc2-c2ccccc21)C(=O)N[C@@H](CCSC)C(=O)O. The first-order chi connectivity index (χ1) is 15.8. The Hall–Kier alpha value is -3.00. The summed E-state index contributed by atoms with van der Waals surface area (Å²) in [5, 5.41) is 14.6. The predicted octanol–water partition coefficient (Wildman–Crippen LogP) is 4.02. The average Bonchev–Trinajstić information content (AvgIpc) is 3.13. The highest BCUT2D eigenvalue weighted by atomic mass is 32.2. The maximum absolute atomic E-state index is 12.8. The average molecular weight is 471 g/mol. The number of fused-ring (bicyclic) bond motifs is 3. The Morgan fingerprint density at radius 2 is 1.67 bits per heavy atom. The molecule has 0 saturated heterocycles. The van der Waals surface area contributed by atoms with Crippen LogP contribution in [0.25, 0.3) is 11.1 Å². The van der Waals surface area contributed by atoms with E-state index in [9.17, 15) is 19.5 Å². The van der Waals surface area contributed by atoms with E-state index in [-0.39, 0.29) is 18.9 Å². The Morgan fingerprint density at radius 3 is 2.18 bits per heavy atom. The molecule has 0 saturated carbocycles. The van der Waals surface area contributed by atoms with Crippen LogP contribution < -0.4 is 10.6 Å². The number of carbonyl (C=O) groups excluding carboxylic acids is 2. The molecule has 33 heavy (non-hydrogen) atoms. The van der Waals surface area contributed by atoms with Gasteiger partial charge in [-0.15, -0.1) is 0 Å². The molecule has 176 valence electrons. The number of carboxylic acid groups (broad SMARTS) is 1. The Bertz CT molecular complexity index is 982. The minimum atomic E-state index is -1.30. The maximum Gasteiger partial charge on any atom is 0.408 e. The zero-order chi connectivity index (χ0) is 24.0. The summed E-state index contributed by atoms with van der Waals surface area (Å²) in [6, 6.07) is 15.1. The van der Waals surface area contributed by atoms with E-state index in [4.69, 9.17) is 4.74 Å². The molecule has 1 unspecified atom stereocenters. The minimum Gasteiger partial charge on any atom is -0.480 e. The lowest BCUT2D eigenvalue weighted by Crippen LogP contribution is -2.59. The second-order valence-corrected chi connectivity index (χ2v) is 9.27. The van der Waals surface area contributed by atoms with Crippen LogP contribution in [0.5, 0.6) is 0 Å². The van der Waals surface area contributed by atoms with Crippen LogP contribution in [-0.4, -0.2) is 53.3 Å². The van der Waals surface area contributed by atoms with Gasteiger partial charge < -0.3 is 20.5 Å². The number of benzene rings is 2. The highest BCUT2D eigenvalue weighted by molar-refractivity contribution is 7.98. The highest BCUT2D eigenvalue weighted by Crippen LogP contribution is 2.44. The molecule has 7 nitrogen and oxygen atoms in total. The number of hydrogen-bond acceptors (Lipinski definition) is 5. The van der Waals surface area contributed by atoms with Gasteiger partial charge >= 0.3 is 12.1 Å². The van der Waals surface area contributed by atoms with Crippen molar-refractivity contribution in [1.82, 2.24) is 10.6 Å². The van der Waals surface area contributed by atoms with E-state index >= 15 is 0 Å². The third kappa shape index (κ3) is 5.50. The summed E-state index contributed by atoms with van der Waals surface area (Å²) < 4.78 is 5.55. The molecule has 3 N–H and O–H groups in total. The summed E-state index contributed by atoms with van der Waals surface area (Å²) in [6.07, 6.45) is 1.73. The Balaban J connectivity index is 1.65. The lowest BCUT2D eigenvalue weighted by Gasteiger charge is -2.29. The normalized spacial score (nSPS) is 15.0. The molecule has 1 aliphatic rings. The summed E-state index contributed by atoms with van der Waals surface area (Å²) >= 11 is 1.50. The standard InChI is InChI=1S/C25H30N2O5S/c1-4-25(2,23(30)26-21(22(28)29)13-14-33-3)27-24(31)32-15-20-18-11-7-5-9-16(18)17-10-6-8-12-19(17)20/h5-12,20-21H,4,13-15H2,1-3H3,(H,26,30)(H,27,31)(H,28,29)/t21-,25?/m0/s1. The third-order valence-electron chi connectivity index (χ3n) is 6.14. The van der Waals surface area contributed by atoms with Crippen molar-refractivity contribution >= 4 is 29.7 Å². The maximum atomic E-state index is 12.8. The molecule has 0 spiro atoms. The molecule has 2 amide bonds. The van der Waals surface area contributed by atoms with Gasteiger partial charge in [0.15, 0.2) is 0 Å². The van der Waals surface area contributed by atoms with Crippen molar-refractivity contribution in [3.05, 3.63) is 59.7 Å². The van der Waals surface area contributed by atoms with Gasteiger partial charge in [0.05, 0.1) is 0 Å². The lowest BCUT2D eigenvalue weighted by molar-refractivity contribution is -0.142. The van der Waals surface area contributed by atoms with Crippen molar-refractivity contribution in [2.45, 2.75) is 44.2 Å². The van der Waals surface area contributed by atoms with E-state index in [0.717, 1.165) is 22.3 Å². The number of alkyl carbamates (subject to hydrolysis) is 1. The molecule has 2 atom stereocenters. The monoisotopic (exact) mass is 470 g/mol. The number of carbonyl (C=O) groups is 3. The van der Waals surface area contributed by atoms with Crippen molar-refractivity contribution in [2.75, 3.05) is 18.6 Å². The molecule has 0 radical (unpaired) electrons. The van der Waals surface area contributed by atoms with Crippen LogP contribution in [0.2, 0.25) is 0 Å².